The van der Waals surface area contributed by atoms with Crippen molar-refractivity contribution < 1.29 is 9.00 Å². The van der Waals surface area contributed by atoms with E-state index in [2.05, 4.69) is 5.32 Å². The molecular formula is C13H18ClN3O2S. The van der Waals surface area contributed by atoms with Gasteiger partial charge in [-0.3, -0.25) is 13.9 Å². The number of hydrogen-bond donors (Lipinski definition) is 2. The summed E-state index contributed by atoms with van der Waals surface area (Å²) in [5, 5.41) is 3.34. The van der Waals surface area contributed by atoms with Crippen molar-refractivity contribution in [2.45, 2.75) is 13.0 Å². The van der Waals surface area contributed by atoms with Crippen LogP contribution >= 0.6 is 11.6 Å². The normalized spacial score (nSPS) is 18.7. The Kier molecular flexibility index (Phi) is 5.01. The Morgan fingerprint density at radius 2 is 2.10 bits per heavy atom. The second-order valence-corrected chi connectivity index (χ2v) is 6.91. The fraction of sp³-hybridized carbons (Fsp3) is 0.462. The SMILES string of the molecule is CC(C(=O)Nc1ccc(Cl)cc1N)N1CCS(=O)CC1. The number of carbonyl (C=O) groups is 1. The summed E-state index contributed by atoms with van der Waals surface area (Å²) in [6.07, 6.45) is 0. The first-order valence-electron chi connectivity index (χ1n) is 6.42. The highest BCUT2D eigenvalue weighted by Crippen LogP contribution is 2.23. The van der Waals surface area contributed by atoms with Crippen LogP contribution in [0.25, 0.3) is 0 Å². The lowest BCUT2D eigenvalue weighted by molar-refractivity contribution is -0.120. The molecule has 1 saturated heterocycles. The first-order chi connectivity index (χ1) is 9.47. The Bertz CT molecular complexity index is 528. The van der Waals surface area contributed by atoms with Crippen LogP contribution in [0.4, 0.5) is 11.4 Å². The Labute approximate surface area is 125 Å². The molecule has 1 aliphatic rings. The zero-order valence-electron chi connectivity index (χ0n) is 11.3. The highest BCUT2D eigenvalue weighted by molar-refractivity contribution is 7.85. The lowest BCUT2D eigenvalue weighted by Crippen LogP contribution is -2.48. The van der Waals surface area contributed by atoms with Gasteiger partial charge in [-0.15, -0.1) is 0 Å². The molecule has 110 valence electrons. The minimum absolute atomic E-state index is 0.119. The predicted molar refractivity (Wildman–Crippen MR) is 83.4 cm³/mol. The van der Waals surface area contributed by atoms with Gasteiger partial charge in [0.05, 0.1) is 17.4 Å². The summed E-state index contributed by atoms with van der Waals surface area (Å²) < 4.78 is 11.3. The number of benzene rings is 1. The number of nitrogens with one attached hydrogen (secondary N) is 1. The smallest absolute Gasteiger partial charge is 0.241 e. The average Bonchev–Trinajstić information content (AvgIpc) is 2.42. The van der Waals surface area contributed by atoms with E-state index in [1.54, 1.807) is 18.2 Å². The molecule has 1 atom stereocenters. The van der Waals surface area contributed by atoms with E-state index in [1.807, 2.05) is 11.8 Å². The predicted octanol–water partition coefficient (Wildman–Crippen LogP) is 1.31. The molecule has 1 aliphatic heterocycles. The summed E-state index contributed by atoms with van der Waals surface area (Å²) in [6.45, 7) is 3.20. The standard InChI is InChI=1S/C13H18ClN3O2S/c1-9(17-4-6-20(19)7-5-17)13(18)16-12-3-2-10(14)8-11(12)15/h2-3,8-9H,4-7,15H2,1H3,(H,16,18). The number of halogens is 1. The van der Waals surface area contributed by atoms with Crippen LogP contribution in [-0.4, -0.2) is 45.7 Å². The molecule has 0 radical (unpaired) electrons. The Morgan fingerprint density at radius 1 is 1.45 bits per heavy atom. The van der Waals surface area contributed by atoms with Crippen molar-refractivity contribution in [2.75, 3.05) is 35.6 Å². The molecule has 0 spiro atoms. The number of hydrogen-bond acceptors (Lipinski definition) is 4. The van der Waals surface area contributed by atoms with Crippen molar-refractivity contribution in [3.63, 3.8) is 0 Å². The molecule has 1 fully saturated rings. The van der Waals surface area contributed by atoms with Crippen molar-refractivity contribution in [1.82, 2.24) is 4.90 Å². The van der Waals surface area contributed by atoms with Gasteiger partial charge in [0.2, 0.25) is 5.91 Å². The number of rotatable bonds is 3. The summed E-state index contributed by atoms with van der Waals surface area (Å²) >= 11 is 5.82. The molecule has 20 heavy (non-hydrogen) atoms. The van der Waals surface area contributed by atoms with Gasteiger partial charge in [-0.2, -0.15) is 0 Å². The van der Waals surface area contributed by atoms with Gasteiger partial charge >= 0.3 is 0 Å². The van der Waals surface area contributed by atoms with Gasteiger partial charge in [0.25, 0.3) is 0 Å². The maximum absolute atomic E-state index is 12.2. The van der Waals surface area contributed by atoms with Gasteiger partial charge in [0.1, 0.15) is 0 Å². The second-order valence-electron chi connectivity index (χ2n) is 4.78. The highest BCUT2D eigenvalue weighted by Gasteiger charge is 2.25. The maximum atomic E-state index is 12.2. The first kappa shape index (κ1) is 15.3. The van der Waals surface area contributed by atoms with Crippen LogP contribution in [0.2, 0.25) is 5.02 Å². The van der Waals surface area contributed by atoms with Crippen molar-refractivity contribution in [1.29, 1.82) is 0 Å². The summed E-state index contributed by atoms with van der Waals surface area (Å²) in [6, 6.07) is 4.70. The molecule has 1 aromatic carbocycles. The van der Waals surface area contributed by atoms with Crippen molar-refractivity contribution in [2.24, 2.45) is 0 Å². The van der Waals surface area contributed by atoms with Crippen LogP contribution in [0.3, 0.4) is 0 Å². The van der Waals surface area contributed by atoms with E-state index in [4.69, 9.17) is 17.3 Å². The number of nitrogens with two attached hydrogens (primary N) is 1. The van der Waals surface area contributed by atoms with E-state index in [9.17, 15) is 9.00 Å². The van der Waals surface area contributed by atoms with E-state index < -0.39 is 10.8 Å². The molecule has 1 amide bonds. The molecule has 5 nitrogen and oxygen atoms in total. The number of carbonyl (C=O) groups excluding carboxylic acids is 1. The minimum Gasteiger partial charge on any atom is -0.397 e. The number of amides is 1. The molecule has 0 aromatic heterocycles. The van der Waals surface area contributed by atoms with Crippen molar-refractivity contribution in [3.05, 3.63) is 23.2 Å². The Hall–Kier alpha value is -1.11. The topological polar surface area (TPSA) is 75.4 Å². The third kappa shape index (κ3) is 3.71. The molecule has 0 saturated carbocycles. The van der Waals surface area contributed by atoms with E-state index >= 15 is 0 Å². The monoisotopic (exact) mass is 315 g/mol. The molecular weight excluding hydrogens is 298 g/mol. The van der Waals surface area contributed by atoms with Gasteiger partial charge in [-0.25, -0.2) is 0 Å². The van der Waals surface area contributed by atoms with Crippen molar-refractivity contribution >= 4 is 39.7 Å². The summed E-state index contributed by atoms with van der Waals surface area (Å²) in [5.74, 6) is 1.13. The molecule has 1 heterocycles. The molecule has 0 aliphatic carbocycles. The summed E-state index contributed by atoms with van der Waals surface area (Å²) in [7, 11) is -0.743. The zero-order valence-corrected chi connectivity index (χ0v) is 12.8. The van der Waals surface area contributed by atoms with E-state index in [0.717, 1.165) is 0 Å². The van der Waals surface area contributed by atoms with E-state index in [1.165, 1.54) is 0 Å². The zero-order chi connectivity index (χ0) is 14.7. The summed E-state index contributed by atoms with van der Waals surface area (Å²) in [4.78, 5) is 14.2. The Morgan fingerprint density at radius 3 is 2.70 bits per heavy atom. The molecule has 1 unspecified atom stereocenters. The quantitative estimate of drug-likeness (QED) is 0.825. The molecule has 2 rings (SSSR count). The third-order valence-corrected chi connectivity index (χ3v) is 4.92. The van der Waals surface area contributed by atoms with Crippen LogP contribution in [0, 0.1) is 0 Å². The lowest BCUT2D eigenvalue weighted by Gasteiger charge is -2.31. The van der Waals surface area contributed by atoms with Gasteiger partial charge in [0, 0.05) is 40.4 Å². The molecule has 0 bridgehead atoms. The highest BCUT2D eigenvalue weighted by atomic mass is 35.5. The second kappa shape index (κ2) is 6.56. The fourth-order valence-electron chi connectivity index (χ4n) is 2.09. The first-order valence-corrected chi connectivity index (χ1v) is 8.29. The third-order valence-electron chi connectivity index (χ3n) is 3.41. The van der Waals surface area contributed by atoms with Crippen LogP contribution in [0.1, 0.15) is 6.92 Å². The largest absolute Gasteiger partial charge is 0.397 e. The van der Waals surface area contributed by atoms with Crippen LogP contribution in [0.5, 0.6) is 0 Å². The van der Waals surface area contributed by atoms with Crippen LogP contribution < -0.4 is 11.1 Å². The number of anilines is 2. The van der Waals surface area contributed by atoms with Gasteiger partial charge in [-0.1, -0.05) is 11.6 Å². The molecule has 3 N–H and O–H groups in total. The number of nitrogen functional groups attached to an aromatic ring is 1. The van der Waals surface area contributed by atoms with E-state index in [-0.39, 0.29) is 11.9 Å². The van der Waals surface area contributed by atoms with Crippen molar-refractivity contribution in [3.8, 4) is 0 Å². The van der Waals surface area contributed by atoms with Gasteiger partial charge in [0.15, 0.2) is 0 Å². The fourth-order valence-corrected chi connectivity index (χ4v) is 3.35. The van der Waals surface area contributed by atoms with Gasteiger partial charge in [-0.05, 0) is 25.1 Å². The molecule has 1 aromatic rings. The van der Waals surface area contributed by atoms with Crippen LogP contribution in [0.15, 0.2) is 18.2 Å². The van der Waals surface area contributed by atoms with Crippen LogP contribution in [-0.2, 0) is 15.6 Å². The Balaban J connectivity index is 1.98. The minimum atomic E-state index is -0.743. The molecule has 7 heteroatoms. The maximum Gasteiger partial charge on any atom is 0.241 e. The summed E-state index contributed by atoms with van der Waals surface area (Å²) in [5.41, 5.74) is 6.82. The lowest BCUT2D eigenvalue weighted by atomic mass is 10.2. The average molecular weight is 316 g/mol. The number of nitrogens with zero attached hydrogens (tertiary/aromatic N) is 1. The van der Waals surface area contributed by atoms with Gasteiger partial charge < -0.3 is 11.1 Å². The van der Waals surface area contributed by atoms with E-state index in [0.29, 0.717) is 41.0 Å².